The van der Waals surface area contributed by atoms with Crippen LogP contribution in [0.25, 0.3) is 0 Å². The molecule has 0 heterocycles. The van der Waals surface area contributed by atoms with Crippen LogP contribution in [0.15, 0.2) is 38.0 Å². The van der Waals surface area contributed by atoms with E-state index in [0.717, 1.165) is 0 Å². The maximum Gasteiger partial charge on any atom is 0.306 e. The first-order valence-corrected chi connectivity index (χ1v) is 7.93. The van der Waals surface area contributed by atoms with Crippen molar-refractivity contribution in [1.29, 1.82) is 0 Å². The monoisotopic (exact) mass is 356 g/mol. The lowest BCUT2D eigenvalue weighted by Crippen LogP contribution is -2.42. The lowest BCUT2D eigenvalue weighted by molar-refractivity contribution is -0.156. The smallest absolute Gasteiger partial charge is 0.306 e. The second-order valence-corrected chi connectivity index (χ2v) is 5.47. The van der Waals surface area contributed by atoms with E-state index in [1.54, 1.807) is 18.2 Å². The number of esters is 1. The lowest BCUT2D eigenvalue weighted by Gasteiger charge is -2.32. The highest BCUT2D eigenvalue weighted by Crippen LogP contribution is 2.21. The minimum absolute atomic E-state index is 0.0170. The van der Waals surface area contributed by atoms with E-state index in [1.807, 2.05) is 0 Å². The molecule has 0 unspecified atom stereocenters. The van der Waals surface area contributed by atoms with Crippen molar-refractivity contribution in [2.45, 2.75) is 12.8 Å². The Morgan fingerprint density at radius 1 is 0.800 bits per heavy atom. The molecular weight excluding hydrogens is 328 g/mol. The van der Waals surface area contributed by atoms with Gasteiger partial charge in [-0.2, -0.15) is 0 Å². The van der Waals surface area contributed by atoms with Crippen LogP contribution in [0.5, 0.6) is 0 Å². The van der Waals surface area contributed by atoms with Crippen molar-refractivity contribution in [2.24, 2.45) is 5.41 Å². The third-order valence-electron chi connectivity index (χ3n) is 3.01. The lowest BCUT2D eigenvalue weighted by atomic mass is 9.92. The fraction of sp³-hybridized carbons (Fsp3) is 0.556. The Bertz CT molecular complexity index is 395. The molecular formula is C18H28O7. The van der Waals surface area contributed by atoms with Gasteiger partial charge in [-0.1, -0.05) is 18.2 Å². The van der Waals surface area contributed by atoms with Gasteiger partial charge in [-0.15, -0.1) is 19.7 Å². The Hall–Kier alpha value is -1.96. The molecule has 0 spiro atoms. The molecule has 0 fully saturated rings. The van der Waals surface area contributed by atoms with Crippen LogP contribution in [0.4, 0.5) is 0 Å². The van der Waals surface area contributed by atoms with Gasteiger partial charge >= 0.3 is 11.9 Å². The van der Waals surface area contributed by atoms with Crippen molar-refractivity contribution in [3.63, 3.8) is 0 Å². The molecule has 0 aliphatic heterocycles. The molecule has 0 aliphatic rings. The minimum atomic E-state index is -1.05. The summed E-state index contributed by atoms with van der Waals surface area (Å²) in [5, 5.41) is 8.62. The van der Waals surface area contributed by atoms with Gasteiger partial charge in [0.05, 0.1) is 57.9 Å². The first-order valence-electron chi connectivity index (χ1n) is 7.93. The van der Waals surface area contributed by atoms with E-state index in [9.17, 15) is 9.59 Å². The van der Waals surface area contributed by atoms with Crippen LogP contribution >= 0.6 is 0 Å². The average Bonchev–Trinajstić information content (AvgIpc) is 2.58. The molecule has 0 aromatic carbocycles. The summed E-state index contributed by atoms with van der Waals surface area (Å²) < 4.78 is 21.8. The average molecular weight is 356 g/mol. The molecule has 0 atom stereocenters. The number of carboxylic acids is 1. The minimum Gasteiger partial charge on any atom is -0.481 e. The van der Waals surface area contributed by atoms with Gasteiger partial charge < -0.3 is 24.1 Å². The van der Waals surface area contributed by atoms with Crippen LogP contribution in [0.2, 0.25) is 0 Å². The zero-order valence-electron chi connectivity index (χ0n) is 14.6. The summed E-state index contributed by atoms with van der Waals surface area (Å²) in [4.78, 5) is 22.3. The molecule has 1 N–H and O–H groups in total. The summed E-state index contributed by atoms with van der Waals surface area (Å²) in [5.41, 5.74) is -0.728. The Balaban J connectivity index is 4.86. The Morgan fingerprint density at radius 3 is 1.60 bits per heavy atom. The summed E-state index contributed by atoms with van der Waals surface area (Å²) in [7, 11) is 0. The van der Waals surface area contributed by atoms with Gasteiger partial charge in [0.25, 0.3) is 0 Å². The van der Waals surface area contributed by atoms with Crippen LogP contribution in [0, 0.1) is 5.41 Å². The molecule has 7 nitrogen and oxygen atoms in total. The number of hydrogen-bond acceptors (Lipinski definition) is 6. The summed E-state index contributed by atoms with van der Waals surface area (Å²) in [6.07, 6.45) is 4.36. The fourth-order valence-corrected chi connectivity index (χ4v) is 1.84. The predicted molar refractivity (Wildman–Crippen MR) is 93.3 cm³/mol. The molecule has 7 heteroatoms. The van der Waals surface area contributed by atoms with Crippen LogP contribution in [-0.2, 0) is 28.5 Å². The Morgan fingerprint density at radius 2 is 1.24 bits per heavy atom. The second kappa shape index (κ2) is 14.4. The predicted octanol–water partition coefficient (Wildman–Crippen LogP) is 1.99. The summed E-state index contributed by atoms with van der Waals surface area (Å²) in [5.74, 6) is -1.65. The topological polar surface area (TPSA) is 91.3 Å². The normalized spacial score (nSPS) is 10.9. The third kappa shape index (κ3) is 12.1. The van der Waals surface area contributed by atoms with Gasteiger partial charge in [-0.05, 0) is 0 Å². The zero-order valence-corrected chi connectivity index (χ0v) is 14.6. The van der Waals surface area contributed by atoms with Crippen molar-refractivity contribution < 1.29 is 33.6 Å². The highest BCUT2D eigenvalue weighted by Gasteiger charge is 2.33. The quantitative estimate of drug-likeness (QED) is 0.242. The van der Waals surface area contributed by atoms with Crippen LogP contribution in [-0.4, -0.2) is 63.3 Å². The highest BCUT2D eigenvalue weighted by molar-refractivity contribution is 5.76. The van der Waals surface area contributed by atoms with E-state index in [1.165, 1.54) is 0 Å². The second-order valence-electron chi connectivity index (χ2n) is 5.47. The molecule has 0 radical (unpaired) electrons. The molecule has 0 amide bonds. The highest BCUT2D eigenvalue weighted by atomic mass is 16.5. The summed E-state index contributed by atoms with van der Waals surface area (Å²) in [6, 6.07) is 0. The molecule has 25 heavy (non-hydrogen) atoms. The van der Waals surface area contributed by atoms with E-state index in [0.29, 0.717) is 19.8 Å². The number of carbonyl (C=O) groups is 2. The molecule has 0 aromatic rings. The fourth-order valence-electron chi connectivity index (χ4n) is 1.84. The number of ether oxygens (including phenoxy) is 4. The number of rotatable bonds is 17. The van der Waals surface area contributed by atoms with Crippen molar-refractivity contribution >= 4 is 11.9 Å². The Labute approximate surface area is 148 Å². The molecule has 0 aliphatic carbocycles. The van der Waals surface area contributed by atoms with Crippen LogP contribution in [0.3, 0.4) is 0 Å². The van der Waals surface area contributed by atoms with Gasteiger partial charge in [-0.25, -0.2) is 0 Å². The Kier molecular flexibility index (Phi) is 13.3. The first-order chi connectivity index (χ1) is 12.0. The molecule has 0 rings (SSSR count). The SMILES string of the molecule is C=CCOCC(COCC=C)(COCC=C)COC(=O)CCC(=O)O. The largest absolute Gasteiger partial charge is 0.481 e. The van der Waals surface area contributed by atoms with Gasteiger partial charge in [0.2, 0.25) is 0 Å². The molecule has 0 saturated heterocycles. The number of aliphatic carboxylic acids is 1. The van der Waals surface area contributed by atoms with Crippen molar-refractivity contribution in [1.82, 2.24) is 0 Å². The number of hydrogen-bond donors (Lipinski definition) is 1. The third-order valence-corrected chi connectivity index (χ3v) is 3.01. The molecule has 142 valence electrons. The van der Waals surface area contributed by atoms with Crippen LogP contribution < -0.4 is 0 Å². The standard InChI is InChI=1S/C18H28O7/c1-4-9-22-12-18(13-23-10-5-2,14-24-11-6-3)15-25-17(21)8-7-16(19)20/h4-6H,1-3,7-15H2,(H,19,20). The first kappa shape index (κ1) is 23.0. The molecule has 0 aromatic heterocycles. The van der Waals surface area contributed by atoms with Crippen molar-refractivity contribution in [2.75, 3.05) is 46.2 Å². The van der Waals surface area contributed by atoms with Crippen molar-refractivity contribution in [3.8, 4) is 0 Å². The van der Waals surface area contributed by atoms with Gasteiger partial charge in [-0.3, -0.25) is 9.59 Å². The van der Waals surface area contributed by atoms with E-state index in [-0.39, 0.29) is 39.3 Å². The maximum absolute atomic E-state index is 11.7. The summed E-state index contributed by atoms with van der Waals surface area (Å²) >= 11 is 0. The molecule has 0 saturated carbocycles. The van der Waals surface area contributed by atoms with E-state index in [4.69, 9.17) is 24.1 Å². The van der Waals surface area contributed by atoms with Gasteiger partial charge in [0.1, 0.15) is 6.61 Å². The maximum atomic E-state index is 11.7. The van der Waals surface area contributed by atoms with Gasteiger partial charge in [0, 0.05) is 0 Å². The van der Waals surface area contributed by atoms with E-state index in [2.05, 4.69) is 19.7 Å². The number of carboxylic acid groups (broad SMARTS) is 1. The van der Waals surface area contributed by atoms with Gasteiger partial charge in [0.15, 0.2) is 0 Å². The van der Waals surface area contributed by atoms with E-state index < -0.39 is 17.4 Å². The molecule has 0 bridgehead atoms. The summed E-state index contributed by atoms with van der Waals surface area (Å²) in [6.45, 7) is 12.4. The van der Waals surface area contributed by atoms with Crippen molar-refractivity contribution in [3.05, 3.63) is 38.0 Å². The van der Waals surface area contributed by atoms with Crippen LogP contribution in [0.1, 0.15) is 12.8 Å². The zero-order chi connectivity index (χ0) is 19.0. The number of carbonyl (C=O) groups excluding carboxylic acids is 1. The van der Waals surface area contributed by atoms with E-state index >= 15 is 0 Å².